The van der Waals surface area contributed by atoms with E-state index in [-0.39, 0.29) is 22.2 Å². The summed E-state index contributed by atoms with van der Waals surface area (Å²) in [6.45, 7) is 7.03. The smallest absolute Gasteiger partial charge is 0.277 e. The van der Waals surface area contributed by atoms with Crippen LogP contribution in [0, 0.1) is 0 Å². The highest BCUT2D eigenvalue weighted by Gasteiger charge is 2.29. The number of aryl methyl sites for hydroxylation is 1. The second-order valence-corrected chi connectivity index (χ2v) is 10.6. The minimum absolute atomic E-state index is 0.0258. The van der Waals surface area contributed by atoms with Gasteiger partial charge in [0, 0.05) is 33.3 Å². The summed E-state index contributed by atoms with van der Waals surface area (Å²) in [7, 11) is -0.236. The van der Waals surface area contributed by atoms with E-state index in [4.69, 9.17) is 14.5 Å². The predicted molar refractivity (Wildman–Crippen MR) is 135 cm³/mol. The van der Waals surface area contributed by atoms with Gasteiger partial charge >= 0.3 is 0 Å². The molecule has 0 atom stereocenters. The fourth-order valence-electron chi connectivity index (χ4n) is 4.20. The van der Waals surface area contributed by atoms with E-state index in [0.29, 0.717) is 74.6 Å². The molecule has 1 fully saturated rings. The number of nitrogens with one attached hydrogen (secondary N) is 1. The zero-order chi connectivity index (χ0) is 25.9. The molecular weight excluding hydrogens is 486 g/mol. The highest BCUT2D eigenvalue weighted by molar-refractivity contribution is 7.89. The summed E-state index contributed by atoms with van der Waals surface area (Å²) >= 11 is 0. The molecule has 1 N–H and O–H groups in total. The van der Waals surface area contributed by atoms with Gasteiger partial charge in [0.2, 0.25) is 15.9 Å². The molecular formula is C23H33N7O5S. The topological polar surface area (TPSA) is 136 Å². The number of hydrogen-bond donors (Lipinski definition) is 1. The van der Waals surface area contributed by atoms with Gasteiger partial charge in [-0.05, 0) is 26.5 Å². The number of methoxy groups -OCH3 is 1. The van der Waals surface area contributed by atoms with Crippen LogP contribution in [0.5, 0.6) is 5.88 Å². The molecule has 0 saturated carbocycles. The first-order chi connectivity index (χ1) is 17.3. The second-order valence-electron chi connectivity index (χ2n) is 8.69. The summed E-state index contributed by atoms with van der Waals surface area (Å²) < 4.78 is 40.7. The van der Waals surface area contributed by atoms with Crippen molar-refractivity contribution in [3.8, 4) is 17.3 Å². The maximum Gasteiger partial charge on any atom is 0.277 e. The van der Waals surface area contributed by atoms with Gasteiger partial charge in [-0.25, -0.2) is 18.4 Å². The monoisotopic (exact) mass is 519 g/mol. The zero-order valence-electron chi connectivity index (χ0n) is 21.2. The first kappa shape index (κ1) is 26.2. The molecule has 3 aromatic heterocycles. The average molecular weight is 520 g/mol. The molecule has 36 heavy (non-hydrogen) atoms. The Balaban J connectivity index is 1.84. The Hall–Kier alpha value is -2.87. The van der Waals surface area contributed by atoms with Gasteiger partial charge in [-0.2, -0.15) is 9.40 Å². The van der Waals surface area contributed by atoms with Crippen molar-refractivity contribution in [2.75, 3.05) is 53.6 Å². The summed E-state index contributed by atoms with van der Waals surface area (Å²) in [5.41, 5.74) is 1.45. The van der Waals surface area contributed by atoms with Crippen LogP contribution >= 0.6 is 0 Å². The number of likely N-dealkylation sites (N-methyl/N-ethyl adjacent to an activating group) is 1. The molecule has 0 aromatic carbocycles. The lowest BCUT2D eigenvalue weighted by molar-refractivity contribution is 0.184. The Labute approximate surface area is 210 Å². The van der Waals surface area contributed by atoms with E-state index in [2.05, 4.69) is 20.0 Å². The first-order valence-corrected chi connectivity index (χ1v) is 13.5. The summed E-state index contributed by atoms with van der Waals surface area (Å²) in [4.78, 5) is 27.1. The van der Waals surface area contributed by atoms with E-state index in [0.717, 1.165) is 6.42 Å². The van der Waals surface area contributed by atoms with Crippen LogP contribution in [0.15, 0.2) is 22.0 Å². The van der Waals surface area contributed by atoms with Gasteiger partial charge < -0.3 is 19.4 Å². The number of ether oxygens (including phenoxy) is 2. The molecule has 0 spiro atoms. The number of rotatable bonds is 10. The number of fused-ring (bicyclic) bond motifs is 1. The van der Waals surface area contributed by atoms with Gasteiger partial charge in [-0.15, -0.1) is 0 Å². The zero-order valence-corrected chi connectivity index (χ0v) is 22.0. The van der Waals surface area contributed by atoms with Crippen molar-refractivity contribution < 1.29 is 17.9 Å². The van der Waals surface area contributed by atoms with Crippen molar-refractivity contribution in [2.45, 2.75) is 38.1 Å². The third-order valence-electron chi connectivity index (χ3n) is 6.12. The summed E-state index contributed by atoms with van der Waals surface area (Å²) in [5, 5.41) is 4.60. The number of H-pyrrole nitrogens is 1. The standard InChI is InChI=1S/C23H33N7O5S/c1-5-7-18-19-20(30(27-18)12-13-34-4)22(31)26-21(25-19)17-14-16(15-24-23(17)35-6-2)36(32,33)29-10-8-28(3)9-11-29/h14-15H,5-13H2,1-4H3,(H,25,26,31). The molecule has 12 nitrogen and oxygen atoms in total. The lowest BCUT2D eigenvalue weighted by atomic mass is 10.2. The second kappa shape index (κ2) is 11.0. The van der Waals surface area contributed by atoms with Crippen LogP contribution in [-0.4, -0.2) is 95.9 Å². The highest BCUT2D eigenvalue weighted by atomic mass is 32.2. The van der Waals surface area contributed by atoms with Crippen molar-refractivity contribution in [2.24, 2.45) is 0 Å². The van der Waals surface area contributed by atoms with Gasteiger partial charge in [0.25, 0.3) is 5.56 Å². The fraction of sp³-hybridized carbons (Fsp3) is 0.565. The number of piperazine rings is 1. The summed E-state index contributed by atoms with van der Waals surface area (Å²) in [5.74, 6) is 0.378. The van der Waals surface area contributed by atoms with E-state index in [1.165, 1.54) is 16.6 Å². The number of pyridine rings is 1. The Bertz CT molecular complexity index is 1380. The van der Waals surface area contributed by atoms with Crippen LogP contribution in [0.2, 0.25) is 0 Å². The maximum absolute atomic E-state index is 13.4. The van der Waals surface area contributed by atoms with E-state index in [1.807, 2.05) is 14.0 Å². The molecule has 3 aromatic rings. The molecule has 4 rings (SSSR count). The maximum atomic E-state index is 13.4. The molecule has 1 aliphatic heterocycles. The quantitative estimate of drug-likeness (QED) is 0.418. The summed E-state index contributed by atoms with van der Waals surface area (Å²) in [6, 6.07) is 1.48. The van der Waals surface area contributed by atoms with Crippen molar-refractivity contribution in [1.29, 1.82) is 0 Å². The van der Waals surface area contributed by atoms with Gasteiger partial charge in [0.1, 0.15) is 16.2 Å². The molecule has 1 saturated heterocycles. The Morgan fingerprint density at radius 2 is 1.92 bits per heavy atom. The van der Waals surface area contributed by atoms with Crippen molar-refractivity contribution in [3.05, 3.63) is 28.3 Å². The molecule has 0 amide bonds. The molecule has 1 aliphatic rings. The molecule has 0 radical (unpaired) electrons. The molecule has 0 bridgehead atoms. The van der Waals surface area contributed by atoms with Crippen LogP contribution in [0.25, 0.3) is 22.4 Å². The third kappa shape index (κ3) is 5.14. The van der Waals surface area contributed by atoms with Crippen LogP contribution in [0.1, 0.15) is 26.0 Å². The number of hydrogen-bond acceptors (Lipinski definition) is 9. The number of nitrogens with zero attached hydrogens (tertiary/aromatic N) is 6. The van der Waals surface area contributed by atoms with Crippen molar-refractivity contribution in [3.63, 3.8) is 0 Å². The van der Waals surface area contributed by atoms with E-state index < -0.39 is 10.0 Å². The minimum atomic E-state index is -3.78. The van der Waals surface area contributed by atoms with E-state index in [9.17, 15) is 13.2 Å². The van der Waals surface area contributed by atoms with Gasteiger partial charge in [0.15, 0.2) is 5.52 Å². The molecule has 196 valence electrons. The number of aromatic nitrogens is 5. The van der Waals surface area contributed by atoms with Crippen LogP contribution in [0.3, 0.4) is 0 Å². The van der Waals surface area contributed by atoms with E-state index >= 15 is 0 Å². The lowest BCUT2D eigenvalue weighted by Gasteiger charge is -2.31. The number of sulfonamides is 1. The largest absolute Gasteiger partial charge is 0.477 e. The van der Waals surface area contributed by atoms with Gasteiger partial charge in [-0.3, -0.25) is 9.48 Å². The van der Waals surface area contributed by atoms with Crippen molar-refractivity contribution >= 4 is 21.1 Å². The normalized spacial score (nSPS) is 15.6. The predicted octanol–water partition coefficient (Wildman–Crippen LogP) is 1.12. The van der Waals surface area contributed by atoms with Crippen LogP contribution in [-0.2, 0) is 27.7 Å². The highest BCUT2D eigenvalue weighted by Crippen LogP contribution is 2.30. The Morgan fingerprint density at radius 1 is 1.17 bits per heavy atom. The Morgan fingerprint density at radius 3 is 2.58 bits per heavy atom. The Kier molecular flexibility index (Phi) is 8.03. The lowest BCUT2D eigenvalue weighted by Crippen LogP contribution is -2.47. The van der Waals surface area contributed by atoms with Crippen LogP contribution in [0.4, 0.5) is 0 Å². The third-order valence-corrected chi connectivity index (χ3v) is 7.99. The SMILES string of the molecule is CCCc1nn(CCOC)c2c(=O)[nH]c(-c3cc(S(=O)(=O)N4CCN(C)CC4)cnc3OCC)nc12. The van der Waals surface area contributed by atoms with E-state index in [1.54, 1.807) is 18.7 Å². The van der Waals surface area contributed by atoms with Crippen molar-refractivity contribution in [1.82, 2.24) is 33.9 Å². The molecule has 0 unspecified atom stereocenters. The summed E-state index contributed by atoms with van der Waals surface area (Å²) in [6.07, 6.45) is 2.76. The molecule has 0 aliphatic carbocycles. The fourth-order valence-corrected chi connectivity index (χ4v) is 5.59. The number of aromatic amines is 1. The van der Waals surface area contributed by atoms with Gasteiger partial charge in [-0.1, -0.05) is 13.3 Å². The first-order valence-electron chi connectivity index (χ1n) is 12.1. The van der Waals surface area contributed by atoms with Crippen LogP contribution < -0.4 is 10.3 Å². The molecule has 4 heterocycles. The average Bonchev–Trinajstić information content (AvgIpc) is 3.21. The minimum Gasteiger partial charge on any atom is -0.477 e. The van der Waals surface area contributed by atoms with Gasteiger partial charge in [0.05, 0.1) is 37.2 Å². The molecule has 13 heteroatoms.